The topological polar surface area (TPSA) is 72.2 Å². The molecule has 2 aromatic rings. The fourth-order valence-electron chi connectivity index (χ4n) is 1.78. The number of rotatable bonds is 4. The average Bonchev–Trinajstić information content (AvgIpc) is 2.77. The molecule has 0 aliphatic heterocycles. The first kappa shape index (κ1) is 15.3. The third kappa shape index (κ3) is 3.32. The van der Waals surface area contributed by atoms with Gasteiger partial charge in [0.05, 0.1) is 15.6 Å². The third-order valence-electron chi connectivity index (χ3n) is 2.82. The normalized spacial score (nSPS) is 11.8. The van der Waals surface area contributed by atoms with Gasteiger partial charge in [0.2, 0.25) is 10.0 Å². The van der Waals surface area contributed by atoms with Crippen molar-refractivity contribution in [2.75, 3.05) is 5.73 Å². The predicted octanol–water partition coefficient (Wildman–Crippen LogP) is 3.08. The van der Waals surface area contributed by atoms with Gasteiger partial charge < -0.3 is 5.73 Å². The van der Waals surface area contributed by atoms with E-state index in [-0.39, 0.29) is 17.1 Å². The number of aryl methyl sites for hydroxylation is 2. The Morgan fingerprint density at radius 3 is 2.60 bits per heavy atom. The van der Waals surface area contributed by atoms with Gasteiger partial charge in [-0.2, -0.15) is 0 Å². The molecule has 0 fully saturated rings. The number of sulfonamides is 1. The number of thiophene rings is 1. The summed E-state index contributed by atoms with van der Waals surface area (Å²) < 4.78 is 27.2. The molecule has 0 atom stereocenters. The van der Waals surface area contributed by atoms with Crippen molar-refractivity contribution in [3.63, 3.8) is 0 Å². The van der Waals surface area contributed by atoms with E-state index in [9.17, 15) is 8.42 Å². The van der Waals surface area contributed by atoms with Crippen LogP contribution in [0.4, 0.5) is 5.69 Å². The van der Waals surface area contributed by atoms with Gasteiger partial charge in [-0.25, -0.2) is 13.1 Å². The van der Waals surface area contributed by atoms with Crippen molar-refractivity contribution < 1.29 is 8.42 Å². The highest BCUT2D eigenvalue weighted by Gasteiger charge is 2.18. The molecule has 4 nitrogen and oxygen atoms in total. The Labute approximate surface area is 127 Å². The van der Waals surface area contributed by atoms with Crippen LogP contribution in [0.3, 0.4) is 0 Å². The first-order valence-corrected chi connectivity index (χ1v) is 8.58. The Morgan fingerprint density at radius 1 is 1.30 bits per heavy atom. The summed E-state index contributed by atoms with van der Waals surface area (Å²) >= 11 is 7.43. The standard InChI is InChI=1S/C13H15ClN2O2S2/c1-8-5-11(14)12(15)6-13(8)20(17,18)16-7-10-4-3-9(2)19-10/h3-6,16H,7,15H2,1-2H3. The Kier molecular flexibility index (Phi) is 4.39. The molecule has 1 aromatic heterocycles. The lowest BCUT2D eigenvalue weighted by Crippen LogP contribution is -2.23. The number of benzene rings is 1. The lowest BCUT2D eigenvalue weighted by molar-refractivity contribution is 0.581. The number of anilines is 1. The first-order chi connectivity index (χ1) is 9.29. The molecule has 0 amide bonds. The van der Waals surface area contributed by atoms with Gasteiger partial charge in [-0.15, -0.1) is 11.3 Å². The number of nitrogens with one attached hydrogen (secondary N) is 1. The minimum Gasteiger partial charge on any atom is -0.397 e. The van der Waals surface area contributed by atoms with Crippen molar-refractivity contribution in [1.82, 2.24) is 4.72 Å². The van der Waals surface area contributed by atoms with Crippen LogP contribution in [-0.4, -0.2) is 8.42 Å². The first-order valence-electron chi connectivity index (χ1n) is 5.90. The highest BCUT2D eigenvalue weighted by molar-refractivity contribution is 7.89. The second-order valence-electron chi connectivity index (χ2n) is 4.48. The quantitative estimate of drug-likeness (QED) is 0.846. The third-order valence-corrected chi connectivity index (χ3v) is 5.69. The summed E-state index contributed by atoms with van der Waals surface area (Å²) in [7, 11) is -3.60. The molecule has 7 heteroatoms. The Hall–Kier alpha value is -1.08. The van der Waals surface area contributed by atoms with E-state index in [0.29, 0.717) is 10.6 Å². The molecule has 108 valence electrons. The summed E-state index contributed by atoms with van der Waals surface area (Å²) in [5.74, 6) is 0. The largest absolute Gasteiger partial charge is 0.397 e. The summed E-state index contributed by atoms with van der Waals surface area (Å²) in [4.78, 5) is 2.27. The molecule has 0 saturated carbocycles. The molecule has 2 rings (SSSR count). The Balaban J connectivity index is 2.24. The van der Waals surface area contributed by atoms with E-state index in [1.54, 1.807) is 24.3 Å². The smallest absolute Gasteiger partial charge is 0.241 e. The second kappa shape index (κ2) is 5.73. The molecule has 0 spiro atoms. The summed E-state index contributed by atoms with van der Waals surface area (Å²) in [5, 5.41) is 0.357. The highest BCUT2D eigenvalue weighted by Crippen LogP contribution is 2.26. The van der Waals surface area contributed by atoms with Crippen LogP contribution in [0.2, 0.25) is 5.02 Å². The Bertz CT molecular complexity index is 739. The molecule has 0 aliphatic rings. The molecular formula is C13H15ClN2O2S2. The number of halogens is 1. The van der Waals surface area contributed by atoms with Crippen molar-refractivity contribution in [2.24, 2.45) is 0 Å². The van der Waals surface area contributed by atoms with Crippen molar-refractivity contribution in [3.8, 4) is 0 Å². The molecule has 20 heavy (non-hydrogen) atoms. The van der Waals surface area contributed by atoms with Crippen LogP contribution in [0.25, 0.3) is 0 Å². The molecule has 0 bridgehead atoms. The minimum atomic E-state index is -3.60. The van der Waals surface area contributed by atoms with E-state index < -0.39 is 10.0 Å². The van der Waals surface area contributed by atoms with E-state index in [1.165, 1.54) is 6.07 Å². The van der Waals surface area contributed by atoms with Crippen LogP contribution < -0.4 is 10.5 Å². The lowest BCUT2D eigenvalue weighted by Gasteiger charge is -2.10. The summed E-state index contributed by atoms with van der Waals surface area (Å²) in [5.41, 5.74) is 6.50. The second-order valence-corrected chi connectivity index (χ2v) is 7.99. The van der Waals surface area contributed by atoms with Gasteiger partial charge in [-0.3, -0.25) is 0 Å². The summed E-state index contributed by atoms with van der Waals surface area (Å²) in [6.07, 6.45) is 0. The van der Waals surface area contributed by atoms with Crippen molar-refractivity contribution in [2.45, 2.75) is 25.3 Å². The van der Waals surface area contributed by atoms with Crippen LogP contribution in [0, 0.1) is 13.8 Å². The van der Waals surface area contributed by atoms with Gasteiger partial charge in [-0.05, 0) is 43.7 Å². The van der Waals surface area contributed by atoms with E-state index in [4.69, 9.17) is 17.3 Å². The van der Waals surface area contributed by atoms with Crippen LogP contribution in [0.5, 0.6) is 0 Å². The van der Waals surface area contributed by atoms with Gasteiger partial charge in [0.1, 0.15) is 0 Å². The molecule has 0 saturated heterocycles. The van der Waals surface area contributed by atoms with Crippen LogP contribution in [-0.2, 0) is 16.6 Å². The number of hydrogen-bond donors (Lipinski definition) is 2. The predicted molar refractivity (Wildman–Crippen MR) is 83.7 cm³/mol. The fraction of sp³-hybridized carbons (Fsp3) is 0.231. The van der Waals surface area contributed by atoms with E-state index in [1.807, 2.05) is 19.1 Å². The van der Waals surface area contributed by atoms with Crippen molar-refractivity contribution >= 4 is 38.6 Å². The zero-order valence-corrected chi connectivity index (χ0v) is 13.5. The van der Waals surface area contributed by atoms with Crippen molar-refractivity contribution in [3.05, 3.63) is 44.6 Å². The maximum absolute atomic E-state index is 12.3. The summed E-state index contributed by atoms with van der Waals surface area (Å²) in [6.45, 7) is 3.94. The van der Waals surface area contributed by atoms with Crippen LogP contribution in [0.15, 0.2) is 29.2 Å². The highest BCUT2D eigenvalue weighted by atomic mass is 35.5. The number of nitrogens with two attached hydrogens (primary N) is 1. The van der Waals surface area contributed by atoms with Gasteiger partial charge in [-0.1, -0.05) is 11.6 Å². The molecule has 0 radical (unpaired) electrons. The maximum Gasteiger partial charge on any atom is 0.241 e. The van der Waals surface area contributed by atoms with Crippen molar-refractivity contribution in [1.29, 1.82) is 0 Å². The molecule has 3 N–H and O–H groups in total. The monoisotopic (exact) mass is 330 g/mol. The number of hydrogen-bond acceptors (Lipinski definition) is 4. The SMILES string of the molecule is Cc1ccc(CNS(=O)(=O)c2cc(N)c(Cl)cc2C)s1. The lowest BCUT2D eigenvalue weighted by atomic mass is 10.2. The maximum atomic E-state index is 12.3. The van der Waals surface area contributed by atoms with Crippen LogP contribution in [0.1, 0.15) is 15.3 Å². The molecule has 1 heterocycles. The van der Waals surface area contributed by atoms with Gasteiger partial charge in [0, 0.05) is 16.3 Å². The molecule has 1 aromatic carbocycles. The van der Waals surface area contributed by atoms with E-state index in [2.05, 4.69) is 4.72 Å². The average molecular weight is 331 g/mol. The van der Waals surface area contributed by atoms with Gasteiger partial charge in [0.25, 0.3) is 0 Å². The van der Waals surface area contributed by atoms with Gasteiger partial charge >= 0.3 is 0 Å². The van der Waals surface area contributed by atoms with Gasteiger partial charge in [0.15, 0.2) is 0 Å². The fourth-order valence-corrected chi connectivity index (χ4v) is 4.19. The Morgan fingerprint density at radius 2 is 2.00 bits per heavy atom. The molecule has 0 aliphatic carbocycles. The molecule has 0 unspecified atom stereocenters. The zero-order chi connectivity index (χ0) is 14.9. The minimum absolute atomic E-state index is 0.160. The number of nitrogen functional groups attached to an aromatic ring is 1. The van der Waals surface area contributed by atoms with E-state index >= 15 is 0 Å². The van der Waals surface area contributed by atoms with E-state index in [0.717, 1.165) is 9.75 Å². The molecular weight excluding hydrogens is 316 g/mol. The van der Waals surface area contributed by atoms with Crippen LogP contribution >= 0.6 is 22.9 Å². The summed E-state index contributed by atoms with van der Waals surface area (Å²) in [6, 6.07) is 6.81. The zero-order valence-electron chi connectivity index (χ0n) is 11.1.